The summed E-state index contributed by atoms with van der Waals surface area (Å²) in [5.74, 6) is 0.725. The topological polar surface area (TPSA) is 34.1 Å². The Balaban J connectivity index is 2.14. The average molecular weight is 282 g/mol. The van der Waals surface area contributed by atoms with Gasteiger partial charge in [0, 0.05) is 23.9 Å². The van der Waals surface area contributed by atoms with Crippen LogP contribution in [0.5, 0.6) is 0 Å². The van der Waals surface area contributed by atoms with E-state index in [0.717, 1.165) is 38.5 Å². The fraction of sp³-hybridized carbons (Fsp3) is 0.800. The molecule has 1 aromatic heterocycles. The third kappa shape index (κ3) is 4.01. The third-order valence-corrected chi connectivity index (χ3v) is 4.60. The van der Waals surface area contributed by atoms with Crippen molar-refractivity contribution in [3.63, 3.8) is 0 Å². The van der Waals surface area contributed by atoms with Crippen LogP contribution < -0.4 is 5.32 Å². The van der Waals surface area contributed by atoms with E-state index in [1.54, 1.807) is 0 Å². The Labute approximate surface area is 120 Å². The highest BCUT2D eigenvalue weighted by Crippen LogP contribution is 2.44. The zero-order valence-corrected chi connectivity index (χ0v) is 13.2. The molecule has 0 bridgehead atoms. The van der Waals surface area contributed by atoms with Gasteiger partial charge in [0.25, 0.3) is 0 Å². The molecule has 1 aliphatic rings. The van der Waals surface area contributed by atoms with Crippen molar-refractivity contribution in [1.29, 1.82) is 0 Å². The SMILES string of the molecule is CCCC(OCC)c1nc(C2CC2)c(CNCC)s1. The Bertz CT molecular complexity index is 381. The van der Waals surface area contributed by atoms with Crippen LogP contribution >= 0.6 is 11.3 Å². The first kappa shape index (κ1) is 14.9. The van der Waals surface area contributed by atoms with Crippen LogP contribution in [0.3, 0.4) is 0 Å². The normalized spacial score (nSPS) is 16.8. The van der Waals surface area contributed by atoms with Gasteiger partial charge in [-0.2, -0.15) is 0 Å². The van der Waals surface area contributed by atoms with Crippen LogP contribution in [0, 0.1) is 0 Å². The summed E-state index contributed by atoms with van der Waals surface area (Å²) in [6.45, 7) is 9.18. The molecule has 1 N–H and O–H groups in total. The Hall–Kier alpha value is -0.450. The van der Waals surface area contributed by atoms with Crippen molar-refractivity contribution in [3.8, 4) is 0 Å². The van der Waals surface area contributed by atoms with Gasteiger partial charge in [0.2, 0.25) is 0 Å². The molecule has 0 saturated heterocycles. The predicted molar refractivity (Wildman–Crippen MR) is 80.7 cm³/mol. The highest BCUT2D eigenvalue weighted by molar-refractivity contribution is 7.11. The van der Waals surface area contributed by atoms with Crippen molar-refractivity contribution < 1.29 is 4.74 Å². The largest absolute Gasteiger partial charge is 0.371 e. The molecule has 1 aliphatic carbocycles. The van der Waals surface area contributed by atoms with Crippen LogP contribution in [0.25, 0.3) is 0 Å². The van der Waals surface area contributed by atoms with Gasteiger partial charge in [0.1, 0.15) is 11.1 Å². The van der Waals surface area contributed by atoms with E-state index in [-0.39, 0.29) is 6.10 Å². The molecule has 0 aromatic carbocycles. The lowest BCUT2D eigenvalue weighted by molar-refractivity contribution is 0.0554. The monoisotopic (exact) mass is 282 g/mol. The zero-order valence-electron chi connectivity index (χ0n) is 12.4. The molecule has 3 nitrogen and oxygen atoms in total. The summed E-state index contributed by atoms with van der Waals surface area (Å²) in [4.78, 5) is 6.35. The van der Waals surface area contributed by atoms with E-state index < -0.39 is 0 Å². The van der Waals surface area contributed by atoms with Crippen molar-refractivity contribution in [2.75, 3.05) is 13.2 Å². The first-order chi connectivity index (χ1) is 9.30. The van der Waals surface area contributed by atoms with Gasteiger partial charge in [0.15, 0.2) is 0 Å². The van der Waals surface area contributed by atoms with Gasteiger partial charge in [-0.05, 0) is 32.7 Å². The maximum Gasteiger partial charge on any atom is 0.122 e. The minimum Gasteiger partial charge on any atom is -0.371 e. The standard InChI is InChI=1S/C15H26N2OS/c1-4-7-12(18-6-3)15-17-14(11-8-9-11)13(19-15)10-16-5-2/h11-12,16H,4-10H2,1-3H3. The summed E-state index contributed by atoms with van der Waals surface area (Å²) in [7, 11) is 0. The van der Waals surface area contributed by atoms with Gasteiger partial charge in [-0.1, -0.05) is 20.3 Å². The van der Waals surface area contributed by atoms with Crippen LogP contribution in [0.1, 0.15) is 74.1 Å². The van der Waals surface area contributed by atoms with Crippen LogP contribution in [0.15, 0.2) is 0 Å². The lowest BCUT2D eigenvalue weighted by Crippen LogP contribution is -2.11. The second-order valence-electron chi connectivity index (χ2n) is 5.15. The van der Waals surface area contributed by atoms with E-state index in [4.69, 9.17) is 9.72 Å². The number of nitrogens with one attached hydrogen (secondary N) is 1. The Morgan fingerprint density at radius 1 is 1.37 bits per heavy atom. The zero-order chi connectivity index (χ0) is 13.7. The van der Waals surface area contributed by atoms with E-state index in [0.29, 0.717) is 0 Å². The molecule has 108 valence electrons. The summed E-state index contributed by atoms with van der Waals surface area (Å²) in [6.07, 6.45) is 5.05. The van der Waals surface area contributed by atoms with E-state index >= 15 is 0 Å². The number of ether oxygens (including phenoxy) is 1. The molecular weight excluding hydrogens is 256 g/mol. The predicted octanol–water partition coefficient (Wildman–Crippen LogP) is 4.01. The van der Waals surface area contributed by atoms with Crippen molar-refractivity contribution in [3.05, 3.63) is 15.6 Å². The van der Waals surface area contributed by atoms with Gasteiger partial charge >= 0.3 is 0 Å². The fourth-order valence-corrected chi connectivity index (χ4v) is 3.51. The molecule has 4 heteroatoms. The summed E-state index contributed by atoms with van der Waals surface area (Å²) >= 11 is 1.86. The number of hydrogen-bond donors (Lipinski definition) is 1. The van der Waals surface area contributed by atoms with Crippen LogP contribution in [0.4, 0.5) is 0 Å². The third-order valence-electron chi connectivity index (χ3n) is 3.44. The molecule has 0 spiro atoms. The summed E-state index contributed by atoms with van der Waals surface area (Å²) < 4.78 is 5.87. The molecule has 0 radical (unpaired) electrons. The molecule has 1 heterocycles. The minimum absolute atomic E-state index is 0.202. The summed E-state index contributed by atoms with van der Waals surface area (Å²) in [5.41, 5.74) is 1.35. The van der Waals surface area contributed by atoms with Crippen molar-refractivity contribution in [2.45, 2.75) is 65.0 Å². The Morgan fingerprint density at radius 3 is 2.74 bits per heavy atom. The highest BCUT2D eigenvalue weighted by Gasteiger charge is 2.30. The highest BCUT2D eigenvalue weighted by atomic mass is 32.1. The van der Waals surface area contributed by atoms with E-state index in [1.807, 2.05) is 11.3 Å². The first-order valence-electron chi connectivity index (χ1n) is 7.61. The molecule has 19 heavy (non-hydrogen) atoms. The van der Waals surface area contributed by atoms with E-state index in [2.05, 4.69) is 26.1 Å². The van der Waals surface area contributed by atoms with E-state index in [1.165, 1.54) is 28.4 Å². The molecule has 1 saturated carbocycles. The number of thiazole rings is 1. The van der Waals surface area contributed by atoms with Crippen LogP contribution in [-0.4, -0.2) is 18.1 Å². The first-order valence-corrected chi connectivity index (χ1v) is 8.43. The van der Waals surface area contributed by atoms with Crippen molar-refractivity contribution in [2.24, 2.45) is 0 Å². The van der Waals surface area contributed by atoms with Gasteiger partial charge in [-0.15, -0.1) is 11.3 Å². The molecule has 1 atom stereocenters. The average Bonchev–Trinajstić information content (AvgIpc) is 3.17. The lowest BCUT2D eigenvalue weighted by Gasteiger charge is -2.12. The van der Waals surface area contributed by atoms with Crippen LogP contribution in [-0.2, 0) is 11.3 Å². The molecule has 1 aromatic rings. The Kier molecular flexibility index (Phi) is 5.79. The van der Waals surface area contributed by atoms with E-state index in [9.17, 15) is 0 Å². The minimum atomic E-state index is 0.202. The molecule has 1 fully saturated rings. The maximum atomic E-state index is 5.87. The van der Waals surface area contributed by atoms with Gasteiger partial charge in [-0.25, -0.2) is 4.98 Å². The smallest absolute Gasteiger partial charge is 0.122 e. The van der Waals surface area contributed by atoms with Gasteiger partial charge < -0.3 is 10.1 Å². The maximum absolute atomic E-state index is 5.87. The molecule has 1 unspecified atom stereocenters. The number of rotatable bonds is 9. The van der Waals surface area contributed by atoms with Crippen molar-refractivity contribution in [1.82, 2.24) is 10.3 Å². The quantitative estimate of drug-likeness (QED) is 0.743. The molecule has 0 amide bonds. The van der Waals surface area contributed by atoms with Gasteiger partial charge in [0.05, 0.1) is 5.69 Å². The lowest BCUT2D eigenvalue weighted by atomic mass is 10.2. The number of aromatic nitrogens is 1. The molecular formula is C15H26N2OS. The number of hydrogen-bond acceptors (Lipinski definition) is 4. The fourth-order valence-electron chi connectivity index (χ4n) is 2.30. The Morgan fingerprint density at radius 2 is 2.16 bits per heavy atom. The molecule has 2 rings (SSSR count). The second kappa shape index (κ2) is 7.36. The summed E-state index contributed by atoms with van der Waals surface area (Å²) in [5, 5.41) is 4.63. The molecule has 0 aliphatic heterocycles. The van der Waals surface area contributed by atoms with Crippen LogP contribution in [0.2, 0.25) is 0 Å². The van der Waals surface area contributed by atoms with Crippen molar-refractivity contribution >= 4 is 11.3 Å². The summed E-state index contributed by atoms with van der Waals surface area (Å²) in [6, 6.07) is 0. The number of nitrogens with zero attached hydrogens (tertiary/aromatic N) is 1. The van der Waals surface area contributed by atoms with Gasteiger partial charge in [-0.3, -0.25) is 0 Å². The second-order valence-corrected chi connectivity index (χ2v) is 6.26.